The molecule has 1 aromatic heterocycles. The summed E-state index contributed by atoms with van der Waals surface area (Å²) < 4.78 is 29.5. The van der Waals surface area contributed by atoms with Gasteiger partial charge in [-0.25, -0.2) is 0 Å². The molecule has 0 saturated heterocycles. The van der Waals surface area contributed by atoms with Gasteiger partial charge in [-0.2, -0.15) is 0 Å². The molecular formula is C79H97N5O10. The molecule has 3 saturated carbocycles. The molecule has 0 unspecified atom stereocenters. The number of phenols is 2. The van der Waals surface area contributed by atoms with E-state index in [0.29, 0.717) is 62.3 Å². The Bertz CT molecular complexity index is 3790. The second kappa shape index (κ2) is 27.8. The van der Waals surface area contributed by atoms with Crippen LogP contribution in [0.4, 0.5) is 0 Å². The highest BCUT2D eigenvalue weighted by Gasteiger charge is 2.56. The first-order valence-corrected chi connectivity index (χ1v) is 35.5. The van der Waals surface area contributed by atoms with E-state index in [0.717, 1.165) is 140 Å². The maximum absolute atomic E-state index is 12.7. The zero-order chi connectivity index (χ0) is 64.6. The minimum Gasteiger partial charge on any atom is -0.507 e. The Morgan fingerprint density at radius 3 is 2.46 bits per heavy atom. The third-order valence-electron chi connectivity index (χ3n) is 23.0. The number of aldehydes is 1. The topological polar surface area (TPSA) is 219 Å². The lowest BCUT2D eigenvalue weighted by molar-refractivity contribution is -0.145. The first kappa shape index (κ1) is 64.6. The van der Waals surface area contributed by atoms with Crippen molar-refractivity contribution in [2.24, 2.45) is 23.2 Å². The minimum absolute atomic E-state index is 0.0396. The van der Waals surface area contributed by atoms with Gasteiger partial charge in [0.05, 0.1) is 25.5 Å². The van der Waals surface area contributed by atoms with E-state index in [1.807, 2.05) is 24.4 Å². The number of benzene rings is 5. The van der Waals surface area contributed by atoms with Crippen LogP contribution in [0.1, 0.15) is 179 Å². The molecule has 2 bridgehead atoms. The Labute approximate surface area is 554 Å². The molecule has 15 nitrogen and oxygen atoms in total. The molecule has 498 valence electrons. The third-order valence-corrected chi connectivity index (χ3v) is 23.0. The lowest BCUT2D eigenvalue weighted by Gasteiger charge is -2.50. The fourth-order valence-electron chi connectivity index (χ4n) is 18.5. The van der Waals surface area contributed by atoms with Gasteiger partial charge in [-0.15, -0.1) is 0 Å². The van der Waals surface area contributed by atoms with Crippen LogP contribution in [0.3, 0.4) is 0 Å². The number of aryl methyl sites for hydroxylation is 1. The van der Waals surface area contributed by atoms with Crippen molar-refractivity contribution in [3.63, 3.8) is 0 Å². The number of hydrogen-bond donors (Lipinski definition) is 10. The molecule has 4 heterocycles. The van der Waals surface area contributed by atoms with Crippen LogP contribution in [-0.4, -0.2) is 119 Å². The summed E-state index contributed by atoms with van der Waals surface area (Å²) in [5, 5.41) is 75.0. The van der Waals surface area contributed by atoms with Gasteiger partial charge in [-0.3, -0.25) is 10.6 Å². The summed E-state index contributed by atoms with van der Waals surface area (Å²) in [6.45, 7) is 6.08. The quantitative estimate of drug-likeness (QED) is 0.0132. The van der Waals surface area contributed by atoms with Crippen molar-refractivity contribution >= 4 is 23.3 Å². The highest BCUT2D eigenvalue weighted by atomic mass is 16.6. The van der Waals surface area contributed by atoms with Crippen LogP contribution in [0.2, 0.25) is 0 Å². The summed E-state index contributed by atoms with van der Waals surface area (Å²) in [6, 6.07) is 28.1. The molecule has 3 fully saturated rings. The number of carbonyl (C=O) groups is 1. The van der Waals surface area contributed by atoms with Crippen LogP contribution < -0.4 is 35.5 Å². The van der Waals surface area contributed by atoms with Gasteiger partial charge >= 0.3 is 0 Å². The SMILES string of the molecule is CC(C)C[C@@](O)(CNCN[C@H]1C#CC[C@@H](CO)Oc2cc(ccc2O)[C@H]2Oc3c(c4c(c5c3CC[C@@H](CO)O5)-c3ccc(O)c5c3[C@H](C4)[C@@H](c3ccc4[nH]ccc4c3)C(CNCCCc3ccccc3)=C5)C[C@]12OCN[C@@H]1CCC[C@@]2(CCC[C@H]2C=O)C1)C1CCCCC1. The largest absolute Gasteiger partial charge is 0.507 e. The minimum atomic E-state index is -1.35. The molecule has 3 aliphatic heterocycles. The van der Waals surface area contributed by atoms with E-state index in [-0.39, 0.29) is 91.3 Å². The van der Waals surface area contributed by atoms with Gasteiger partial charge in [0, 0.05) is 84.4 Å². The Morgan fingerprint density at radius 2 is 1.64 bits per heavy atom. The number of hydrogen-bond acceptors (Lipinski definition) is 14. The van der Waals surface area contributed by atoms with Gasteiger partial charge in [0.15, 0.2) is 17.6 Å². The summed E-state index contributed by atoms with van der Waals surface area (Å²) in [5.74, 6) is 9.14. The Hall–Kier alpha value is -6.71. The fourth-order valence-corrected chi connectivity index (χ4v) is 18.5. The first-order valence-electron chi connectivity index (χ1n) is 35.5. The average molecular weight is 1280 g/mol. The summed E-state index contributed by atoms with van der Waals surface area (Å²) in [6.07, 6.45) is 20.3. The lowest BCUT2D eigenvalue weighted by Crippen LogP contribution is -2.62. The number of nitrogens with one attached hydrogen (secondary N) is 5. The molecule has 6 aromatic rings. The van der Waals surface area contributed by atoms with Crippen molar-refractivity contribution in [1.82, 2.24) is 26.3 Å². The molecule has 0 amide bonds. The zero-order valence-electron chi connectivity index (χ0n) is 55.0. The molecule has 94 heavy (non-hydrogen) atoms. The van der Waals surface area contributed by atoms with Crippen molar-refractivity contribution in [3.8, 4) is 51.7 Å². The van der Waals surface area contributed by atoms with Crippen LogP contribution in [0, 0.1) is 35.0 Å². The molecule has 11 atom stereocenters. The number of ether oxygens (including phenoxy) is 4. The number of rotatable bonds is 22. The van der Waals surface area contributed by atoms with Gasteiger partial charge in [-0.05, 0) is 200 Å². The summed E-state index contributed by atoms with van der Waals surface area (Å²) in [5.41, 5.74) is 9.81. The van der Waals surface area contributed by atoms with Crippen molar-refractivity contribution in [2.45, 2.75) is 196 Å². The lowest BCUT2D eigenvalue weighted by atomic mass is 9.62. The summed E-state index contributed by atoms with van der Waals surface area (Å²) >= 11 is 0. The molecule has 5 aromatic carbocycles. The second-order valence-electron chi connectivity index (χ2n) is 29.4. The maximum atomic E-state index is 12.7. The standard InChI is InChI=1S/C79H97N5O10/c1-49(2)39-78(90,55-16-7-4-8-17-55)46-81-47-83-70-21-9-20-58(44-86)92-69-37-53(23-28-68(69)89)76-79(70,91-48-84-57-19-11-32-77(40-57)31-10-18-56(77)43-85)41-65-62-38-64-71(52-22-27-66-51(35-52)30-34-82-66)54(42-80-33-12-15-50-13-5-3-6-14-50)36-63-67(88)29-26-60(72(63)64)73(62)75-61(74(65)94-76)25-24-59(45-87)93-75/h3,5-6,13-14,22-23,26-30,34-37,43,49,55-59,64,70-71,76,80-84,86-90H,4,7-8,10-12,15-20,24-25,31-33,38-42,44-48H2,1-2H3/t56-,57+,58-,59-,64+,70-,71-,76+,77-,78+,79-/m0/s1. The number of aliphatic hydroxyl groups excluding tert-OH is 2. The van der Waals surface area contributed by atoms with Crippen molar-refractivity contribution in [1.29, 1.82) is 0 Å². The number of aromatic hydroxyl groups is 2. The van der Waals surface area contributed by atoms with Gasteiger partial charge in [0.1, 0.15) is 47.4 Å². The molecule has 10 N–H and O–H groups in total. The van der Waals surface area contributed by atoms with Crippen LogP contribution in [0.15, 0.2) is 96.7 Å². The van der Waals surface area contributed by atoms with E-state index in [9.17, 15) is 30.3 Å². The van der Waals surface area contributed by atoms with Gasteiger partial charge in [0.2, 0.25) is 0 Å². The van der Waals surface area contributed by atoms with Gasteiger partial charge in [-0.1, -0.05) is 106 Å². The molecule has 0 radical (unpaired) electrons. The van der Waals surface area contributed by atoms with E-state index in [1.165, 1.54) is 29.4 Å². The molecule has 14 rings (SSSR count). The monoisotopic (exact) mass is 1280 g/mol. The number of carbonyl (C=O) groups excluding carboxylic acids is 1. The smallest absolute Gasteiger partial charge is 0.161 e. The Kier molecular flexibility index (Phi) is 19.1. The van der Waals surface area contributed by atoms with E-state index in [2.05, 4.69) is 119 Å². The average Bonchev–Trinajstić information content (AvgIpc) is 0.738. The predicted octanol–water partition coefficient (Wildman–Crippen LogP) is 11.9. The molecular weight excluding hydrogens is 1180 g/mol. The summed E-state index contributed by atoms with van der Waals surface area (Å²) in [7, 11) is 0. The summed E-state index contributed by atoms with van der Waals surface area (Å²) in [4.78, 5) is 16.1. The first-order chi connectivity index (χ1) is 45.9. The Morgan fingerprint density at radius 1 is 0.819 bits per heavy atom. The second-order valence-corrected chi connectivity index (χ2v) is 29.4. The zero-order valence-corrected chi connectivity index (χ0v) is 55.0. The number of phenolic OH excluding ortho intramolecular Hbond substituents is 2. The number of aromatic nitrogens is 1. The number of fused-ring (bicyclic) bond motifs is 12. The molecule has 15 heteroatoms. The highest BCUT2D eigenvalue weighted by molar-refractivity contribution is 5.90. The van der Waals surface area contributed by atoms with Crippen LogP contribution in [0.5, 0.6) is 28.7 Å². The van der Waals surface area contributed by atoms with Crippen LogP contribution in [-0.2, 0) is 35.2 Å². The number of aliphatic hydroxyl groups is 3. The van der Waals surface area contributed by atoms with E-state index >= 15 is 0 Å². The number of H-pyrrole nitrogens is 1. The van der Waals surface area contributed by atoms with Gasteiger partial charge < -0.3 is 64.9 Å². The van der Waals surface area contributed by atoms with E-state index in [1.54, 1.807) is 6.07 Å². The third kappa shape index (κ3) is 12.6. The molecule has 1 spiro atoms. The molecule has 5 aliphatic carbocycles. The van der Waals surface area contributed by atoms with Gasteiger partial charge in [0.25, 0.3) is 0 Å². The number of aromatic amines is 1. The normalized spacial score (nSPS) is 27.6. The molecule has 8 aliphatic rings. The fraction of sp³-hybridized carbons (Fsp3) is 0.532. The van der Waals surface area contributed by atoms with E-state index < -0.39 is 35.6 Å². The van der Waals surface area contributed by atoms with Crippen LogP contribution in [0.25, 0.3) is 28.1 Å². The highest BCUT2D eigenvalue weighted by Crippen LogP contribution is 2.62. The van der Waals surface area contributed by atoms with E-state index in [4.69, 9.17) is 18.9 Å². The van der Waals surface area contributed by atoms with Crippen molar-refractivity contribution in [2.75, 3.05) is 46.2 Å². The Balaban J connectivity index is 0.921. The van der Waals surface area contributed by atoms with Crippen molar-refractivity contribution < 1.29 is 49.3 Å². The van der Waals surface area contributed by atoms with Crippen LogP contribution >= 0.6 is 0 Å². The van der Waals surface area contributed by atoms with Crippen molar-refractivity contribution in [3.05, 3.63) is 141 Å². The maximum Gasteiger partial charge on any atom is 0.161 e. The predicted molar refractivity (Wildman–Crippen MR) is 366 cm³/mol.